The number of hydrogen-bond acceptors (Lipinski definition) is 3. The van der Waals surface area contributed by atoms with E-state index in [4.69, 9.17) is 27.6 Å². The Hall–Kier alpha value is -1.17. The first kappa shape index (κ1) is 17.2. The molecule has 0 fully saturated rings. The lowest BCUT2D eigenvalue weighted by molar-refractivity contribution is 0.100. The number of halogens is 3. The highest BCUT2D eigenvalue weighted by Gasteiger charge is 2.34. The molecule has 22 heavy (non-hydrogen) atoms. The minimum absolute atomic E-state index is 0.381. The maximum Gasteiger partial charge on any atom is 0.324 e. The van der Waals surface area contributed by atoms with Crippen LogP contribution in [0, 0.1) is 20.8 Å². The van der Waals surface area contributed by atoms with Crippen LogP contribution in [0.3, 0.4) is 0 Å². The second-order valence-corrected chi connectivity index (χ2v) is 7.48. The van der Waals surface area contributed by atoms with Crippen LogP contribution in [0.2, 0.25) is 0 Å². The van der Waals surface area contributed by atoms with Crippen LogP contribution in [0.15, 0.2) is 34.7 Å². The van der Waals surface area contributed by atoms with E-state index in [0.717, 1.165) is 4.31 Å². The fourth-order valence-corrected chi connectivity index (χ4v) is 3.11. The standard InChI is InChI=1S/C15H14Cl2FNO2S/c1-9-10(2)21-11(3)13(9)14(20)19(22-15(16,17)18)12-7-5-4-6-8-12/h4-8H,1-3H3. The number of aryl methyl sites for hydroxylation is 2. The van der Waals surface area contributed by atoms with Crippen LogP contribution in [0.25, 0.3) is 0 Å². The van der Waals surface area contributed by atoms with E-state index in [1.165, 1.54) is 0 Å². The largest absolute Gasteiger partial charge is 0.466 e. The summed E-state index contributed by atoms with van der Waals surface area (Å²) in [4.78, 5) is 12.8. The quantitative estimate of drug-likeness (QED) is 0.528. The molecule has 0 aliphatic carbocycles. The number of anilines is 1. The zero-order valence-electron chi connectivity index (χ0n) is 12.2. The molecule has 0 N–H and O–H groups in total. The first-order valence-electron chi connectivity index (χ1n) is 6.42. The van der Waals surface area contributed by atoms with E-state index >= 15 is 0 Å². The predicted octanol–water partition coefficient (Wildman–Crippen LogP) is 5.56. The first-order chi connectivity index (χ1) is 10.2. The molecule has 1 aromatic carbocycles. The van der Waals surface area contributed by atoms with Crippen LogP contribution in [-0.4, -0.2) is 9.83 Å². The molecule has 0 spiro atoms. The van der Waals surface area contributed by atoms with E-state index in [2.05, 4.69) is 0 Å². The van der Waals surface area contributed by atoms with Gasteiger partial charge >= 0.3 is 3.92 Å². The zero-order valence-corrected chi connectivity index (χ0v) is 14.5. The number of para-hydroxylation sites is 1. The van der Waals surface area contributed by atoms with Gasteiger partial charge in [-0.1, -0.05) is 41.4 Å². The van der Waals surface area contributed by atoms with Gasteiger partial charge in [-0.3, -0.25) is 4.79 Å². The lowest BCUT2D eigenvalue weighted by Gasteiger charge is -2.24. The van der Waals surface area contributed by atoms with Gasteiger partial charge in [0.25, 0.3) is 5.91 Å². The smallest absolute Gasteiger partial charge is 0.324 e. The van der Waals surface area contributed by atoms with Crippen LogP contribution >= 0.6 is 35.1 Å². The average molecular weight is 362 g/mol. The number of hydrogen-bond donors (Lipinski definition) is 0. The number of benzene rings is 1. The normalized spacial score (nSPS) is 11.5. The molecular weight excluding hydrogens is 348 g/mol. The third-order valence-corrected chi connectivity index (χ3v) is 4.33. The Morgan fingerprint density at radius 1 is 1.18 bits per heavy atom. The number of alkyl halides is 3. The van der Waals surface area contributed by atoms with Gasteiger partial charge in [0.2, 0.25) is 0 Å². The van der Waals surface area contributed by atoms with Crippen molar-refractivity contribution in [2.24, 2.45) is 0 Å². The molecule has 0 radical (unpaired) electrons. The van der Waals surface area contributed by atoms with Gasteiger partial charge in [0.1, 0.15) is 11.5 Å². The van der Waals surface area contributed by atoms with Crippen molar-refractivity contribution in [3.05, 3.63) is 53.0 Å². The summed E-state index contributed by atoms with van der Waals surface area (Å²) in [5.74, 6) is 0.670. The SMILES string of the molecule is Cc1oc(C)c(C(=O)N(SC(F)(Cl)Cl)c2ccccc2)c1C. The maximum atomic E-state index is 13.7. The second kappa shape index (κ2) is 6.52. The lowest BCUT2D eigenvalue weighted by atomic mass is 10.1. The Bertz CT molecular complexity index is 683. The molecule has 0 bridgehead atoms. The summed E-state index contributed by atoms with van der Waals surface area (Å²) >= 11 is 11.3. The van der Waals surface area contributed by atoms with Crippen LogP contribution in [-0.2, 0) is 0 Å². The van der Waals surface area contributed by atoms with Crippen molar-refractivity contribution in [2.75, 3.05) is 4.31 Å². The molecule has 0 saturated heterocycles. The van der Waals surface area contributed by atoms with E-state index in [1.54, 1.807) is 51.1 Å². The maximum absolute atomic E-state index is 13.7. The van der Waals surface area contributed by atoms with Gasteiger partial charge in [-0.05, 0) is 32.9 Å². The third kappa shape index (κ3) is 3.77. The number of amides is 1. The molecule has 1 amide bonds. The molecule has 0 atom stereocenters. The van der Waals surface area contributed by atoms with Crippen LogP contribution in [0.1, 0.15) is 27.4 Å². The number of rotatable bonds is 4. The van der Waals surface area contributed by atoms with Crippen LogP contribution in [0.5, 0.6) is 0 Å². The molecule has 7 heteroatoms. The first-order valence-corrected chi connectivity index (χ1v) is 7.95. The van der Waals surface area contributed by atoms with Crippen molar-refractivity contribution < 1.29 is 13.6 Å². The molecule has 118 valence electrons. The van der Waals surface area contributed by atoms with Gasteiger partial charge in [0.05, 0.1) is 11.3 Å². The summed E-state index contributed by atoms with van der Waals surface area (Å²) in [6, 6.07) is 8.60. The highest BCUT2D eigenvalue weighted by Crippen LogP contribution is 2.42. The summed E-state index contributed by atoms with van der Waals surface area (Å²) in [6.45, 7) is 5.23. The molecule has 1 heterocycles. The van der Waals surface area contributed by atoms with Gasteiger partial charge in [-0.25, -0.2) is 4.31 Å². The number of carbonyl (C=O) groups is 1. The summed E-state index contributed by atoms with van der Waals surface area (Å²) in [5, 5.41) is 0. The minimum atomic E-state index is -2.63. The Morgan fingerprint density at radius 2 is 1.77 bits per heavy atom. The Morgan fingerprint density at radius 3 is 2.23 bits per heavy atom. The van der Waals surface area contributed by atoms with Crippen molar-refractivity contribution in [1.82, 2.24) is 0 Å². The summed E-state index contributed by atoms with van der Waals surface area (Å²) in [6.07, 6.45) is 0. The van der Waals surface area contributed by atoms with Crippen molar-refractivity contribution in [3.8, 4) is 0 Å². The molecule has 3 nitrogen and oxygen atoms in total. The van der Waals surface area contributed by atoms with E-state index < -0.39 is 9.83 Å². The van der Waals surface area contributed by atoms with Crippen LogP contribution in [0.4, 0.5) is 10.1 Å². The molecule has 0 aliphatic heterocycles. The van der Waals surface area contributed by atoms with Crippen molar-refractivity contribution in [2.45, 2.75) is 24.7 Å². The predicted molar refractivity (Wildman–Crippen MR) is 89.3 cm³/mol. The van der Waals surface area contributed by atoms with Crippen molar-refractivity contribution in [1.29, 1.82) is 0 Å². The van der Waals surface area contributed by atoms with Gasteiger partial charge in [-0.15, -0.1) is 0 Å². The fraction of sp³-hybridized carbons (Fsp3) is 0.267. The summed E-state index contributed by atoms with van der Waals surface area (Å²) < 4.78 is 17.6. The van der Waals surface area contributed by atoms with Gasteiger partial charge < -0.3 is 4.42 Å². The molecular formula is C15H14Cl2FNO2S. The fourth-order valence-electron chi connectivity index (χ4n) is 2.09. The topological polar surface area (TPSA) is 33.5 Å². The van der Waals surface area contributed by atoms with Gasteiger partial charge in [0, 0.05) is 17.5 Å². The van der Waals surface area contributed by atoms with Crippen molar-refractivity contribution in [3.63, 3.8) is 0 Å². The second-order valence-electron chi connectivity index (χ2n) is 4.69. The van der Waals surface area contributed by atoms with Crippen molar-refractivity contribution >= 4 is 46.7 Å². The Kier molecular flexibility index (Phi) is 5.10. The minimum Gasteiger partial charge on any atom is -0.466 e. The van der Waals surface area contributed by atoms with Gasteiger partial charge in [0.15, 0.2) is 0 Å². The summed E-state index contributed by atoms with van der Waals surface area (Å²) in [5.41, 5.74) is 1.56. The molecule has 1 aromatic heterocycles. The van der Waals surface area contributed by atoms with Gasteiger partial charge in [-0.2, -0.15) is 4.39 Å². The zero-order chi connectivity index (χ0) is 16.5. The van der Waals surface area contributed by atoms with E-state index in [9.17, 15) is 9.18 Å². The average Bonchev–Trinajstić information content (AvgIpc) is 2.69. The monoisotopic (exact) mass is 361 g/mol. The molecule has 2 rings (SSSR count). The Balaban J connectivity index is 2.47. The highest BCUT2D eigenvalue weighted by atomic mass is 35.5. The lowest BCUT2D eigenvalue weighted by Crippen LogP contribution is -2.28. The number of nitrogens with zero attached hydrogens (tertiary/aromatic N) is 1. The van der Waals surface area contributed by atoms with E-state index in [0.29, 0.717) is 40.3 Å². The number of furan rings is 1. The number of carbonyl (C=O) groups excluding carboxylic acids is 1. The Labute approximate surface area is 142 Å². The molecule has 0 unspecified atom stereocenters. The highest BCUT2D eigenvalue weighted by molar-refractivity contribution is 8.05. The summed E-state index contributed by atoms with van der Waals surface area (Å²) in [7, 11) is 0. The molecule has 2 aromatic rings. The molecule has 0 aliphatic rings. The third-order valence-electron chi connectivity index (χ3n) is 3.15. The van der Waals surface area contributed by atoms with E-state index in [1.807, 2.05) is 0 Å². The van der Waals surface area contributed by atoms with E-state index in [-0.39, 0.29) is 0 Å². The molecule has 0 saturated carbocycles. The van der Waals surface area contributed by atoms with Crippen LogP contribution < -0.4 is 4.31 Å².